The van der Waals surface area contributed by atoms with Gasteiger partial charge in [-0.3, -0.25) is 4.79 Å². The molecule has 0 radical (unpaired) electrons. The van der Waals surface area contributed by atoms with Crippen molar-refractivity contribution in [3.63, 3.8) is 0 Å². The summed E-state index contributed by atoms with van der Waals surface area (Å²) < 4.78 is 13.4. The molecule has 1 saturated heterocycles. The Bertz CT molecular complexity index is 451. The molecule has 18 heavy (non-hydrogen) atoms. The summed E-state index contributed by atoms with van der Waals surface area (Å²) >= 11 is 5.58. The van der Waals surface area contributed by atoms with Crippen LogP contribution in [0.4, 0.5) is 10.2 Å². The number of nitrogens with one attached hydrogen (secondary N) is 1. The van der Waals surface area contributed by atoms with Gasteiger partial charge in [0.15, 0.2) is 11.6 Å². The van der Waals surface area contributed by atoms with Crippen LogP contribution in [0.15, 0.2) is 6.20 Å². The number of amides is 1. The molecule has 1 aliphatic rings. The fraction of sp³-hybridized carbons (Fsp3) is 0.545. The van der Waals surface area contributed by atoms with Gasteiger partial charge in [-0.15, -0.1) is 0 Å². The summed E-state index contributed by atoms with van der Waals surface area (Å²) in [4.78, 5) is 21.0. The maximum atomic E-state index is 13.4. The molecule has 1 unspecified atom stereocenters. The molecular formula is C11H14ClFN4O. The molecule has 0 aliphatic carbocycles. The smallest absolute Gasteiger partial charge is 0.244 e. The van der Waals surface area contributed by atoms with Gasteiger partial charge in [-0.1, -0.05) is 0 Å². The summed E-state index contributed by atoms with van der Waals surface area (Å²) in [7, 11) is 0. The predicted molar refractivity (Wildman–Crippen MR) is 65.9 cm³/mol. The number of carbonyl (C=O) groups is 1. The highest BCUT2D eigenvalue weighted by Gasteiger charge is 2.24. The number of hydrogen-bond acceptors (Lipinski definition) is 4. The highest BCUT2D eigenvalue weighted by atomic mass is 35.5. The van der Waals surface area contributed by atoms with Crippen molar-refractivity contribution in [2.75, 3.05) is 18.4 Å². The SMILES string of the molecule is CC(Nc1nc(Cl)ncc1F)C(=O)N1CCCC1. The number of hydrogen-bond donors (Lipinski definition) is 1. The first kappa shape index (κ1) is 13.0. The third-order valence-corrected chi connectivity index (χ3v) is 3.04. The molecule has 98 valence electrons. The van der Waals surface area contributed by atoms with Crippen molar-refractivity contribution in [3.05, 3.63) is 17.3 Å². The van der Waals surface area contributed by atoms with Crippen LogP contribution in [0, 0.1) is 5.82 Å². The summed E-state index contributed by atoms with van der Waals surface area (Å²) in [6.07, 6.45) is 3.02. The quantitative estimate of drug-likeness (QED) is 0.851. The molecule has 7 heteroatoms. The number of aromatic nitrogens is 2. The molecule has 0 spiro atoms. The Balaban J connectivity index is 2.03. The minimum atomic E-state index is -0.625. The second-order valence-electron chi connectivity index (χ2n) is 4.23. The van der Waals surface area contributed by atoms with E-state index in [1.165, 1.54) is 0 Å². The first-order valence-corrected chi connectivity index (χ1v) is 6.19. The molecule has 0 aromatic carbocycles. The first-order valence-electron chi connectivity index (χ1n) is 5.81. The molecule has 2 rings (SSSR count). The van der Waals surface area contributed by atoms with E-state index in [0.29, 0.717) is 0 Å². The summed E-state index contributed by atoms with van der Waals surface area (Å²) in [6, 6.07) is -0.538. The van der Waals surface area contributed by atoms with Crippen LogP contribution in [0.3, 0.4) is 0 Å². The first-order chi connectivity index (χ1) is 8.58. The maximum absolute atomic E-state index is 13.4. The minimum Gasteiger partial charge on any atom is -0.356 e. The van der Waals surface area contributed by atoms with Crippen LogP contribution < -0.4 is 5.32 Å². The average molecular weight is 273 g/mol. The summed E-state index contributed by atoms with van der Waals surface area (Å²) in [6.45, 7) is 3.20. The number of likely N-dealkylation sites (tertiary alicyclic amines) is 1. The van der Waals surface area contributed by atoms with Gasteiger partial charge in [-0.25, -0.2) is 9.37 Å². The Morgan fingerprint density at radius 1 is 1.56 bits per heavy atom. The van der Waals surface area contributed by atoms with E-state index in [1.54, 1.807) is 11.8 Å². The van der Waals surface area contributed by atoms with Gasteiger partial charge >= 0.3 is 0 Å². The summed E-state index contributed by atoms with van der Waals surface area (Å²) in [5.41, 5.74) is 0. The Labute approximate surface area is 109 Å². The van der Waals surface area contributed by atoms with Crippen molar-refractivity contribution in [1.29, 1.82) is 0 Å². The predicted octanol–water partition coefficient (Wildman–Crippen LogP) is 1.69. The molecule has 1 fully saturated rings. The average Bonchev–Trinajstić information content (AvgIpc) is 2.86. The normalized spacial score (nSPS) is 16.7. The molecule has 2 heterocycles. The van der Waals surface area contributed by atoms with Gasteiger partial charge < -0.3 is 10.2 Å². The Kier molecular flexibility index (Phi) is 3.96. The highest BCUT2D eigenvalue weighted by Crippen LogP contribution is 2.15. The summed E-state index contributed by atoms with van der Waals surface area (Å²) in [5, 5.41) is 2.67. The van der Waals surface area contributed by atoms with E-state index in [-0.39, 0.29) is 17.0 Å². The number of nitrogens with zero attached hydrogens (tertiary/aromatic N) is 3. The number of halogens is 2. The highest BCUT2D eigenvalue weighted by molar-refractivity contribution is 6.28. The largest absolute Gasteiger partial charge is 0.356 e. The maximum Gasteiger partial charge on any atom is 0.244 e. The number of anilines is 1. The van der Waals surface area contributed by atoms with Crippen molar-refractivity contribution in [2.45, 2.75) is 25.8 Å². The van der Waals surface area contributed by atoms with Gasteiger partial charge in [0.2, 0.25) is 11.2 Å². The second-order valence-corrected chi connectivity index (χ2v) is 4.57. The molecule has 1 N–H and O–H groups in total. The van der Waals surface area contributed by atoms with Gasteiger partial charge in [0, 0.05) is 13.1 Å². The molecule has 0 saturated carbocycles. The lowest BCUT2D eigenvalue weighted by atomic mass is 10.3. The van der Waals surface area contributed by atoms with Gasteiger partial charge in [-0.2, -0.15) is 4.98 Å². The minimum absolute atomic E-state index is 0.0463. The monoisotopic (exact) mass is 272 g/mol. The second kappa shape index (κ2) is 5.48. The lowest BCUT2D eigenvalue weighted by Crippen LogP contribution is -2.40. The van der Waals surface area contributed by atoms with Gasteiger partial charge in [0.1, 0.15) is 6.04 Å². The molecule has 1 atom stereocenters. The lowest BCUT2D eigenvalue weighted by Gasteiger charge is -2.21. The molecule has 1 aromatic rings. The third-order valence-electron chi connectivity index (χ3n) is 2.86. The van der Waals surface area contributed by atoms with Crippen LogP contribution in [0.1, 0.15) is 19.8 Å². The Morgan fingerprint density at radius 3 is 2.89 bits per heavy atom. The zero-order valence-electron chi connectivity index (χ0n) is 9.99. The molecule has 0 bridgehead atoms. The molecule has 5 nitrogen and oxygen atoms in total. The third kappa shape index (κ3) is 2.87. The fourth-order valence-electron chi connectivity index (χ4n) is 1.93. The van der Waals surface area contributed by atoms with E-state index in [4.69, 9.17) is 11.6 Å². The van der Waals surface area contributed by atoms with E-state index < -0.39 is 11.9 Å². The van der Waals surface area contributed by atoms with Crippen LogP contribution in [0.5, 0.6) is 0 Å². The lowest BCUT2D eigenvalue weighted by molar-refractivity contribution is -0.130. The van der Waals surface area contributed by atoms with E-state index in [0.717, 1.165) is 32.1 Å². The van der Waals surface area contributed by atoms with Crippen molar-refractivity contribution in [2.24, 2.45) is 0 Å². The van der Waals surface area contributed by atoms with Gasteiger partial charge in [0.05, 0.1) is 6.20 Å². The van der Waals surface area contributed by atoms with Crippen molar-refractivity contribution < 1.29 is 9.18 Å². The van der Waals surface area contributed by atoms with Crippen LogP contribution >= 0.6 is 11.6 Å². The Morgan fingerprint density at radius 2 is 2.22 bits per heavy atom. The van der Waals surface area contributed by atoms with E-state index in [1.807, 2.05) is 0 Å². The molecular weight excluding hydrogens is 259 g/mol. The van der Waals surface area contributed by atoms with Crippen molar-refractivity contribution >= 4 is 23.3 Å². The molecule has 1 aliphatic heterocycles. The van der Waals surface area contributed by atoms with Crippen LogP contribution in [-0.4, -0.2) is 39.9 Å². The van der Waals surface area contributed by atoms with Crippen molar-refractivity contribution in [3.8, 4) is 0 Å². The topological polar surface area (TPSA) is 58.1 Å². The Hall–Kier alpha value is -1.43. The zero-order valence-corrected chi connectivity index (χ0v) is 10.7. The van der Waals surface area contributed by atoms with Gasteiger partial charge in [0.25, 0.3) is 0 Å². The zero-order chi connectivity index (χ0) is 13.1. The van der Waals surface area contributed by atoms with Crippen LogP contribution in [-0.2, 0) is 4.79 Å². The summed E-state index contributed by atoms with van der Waals surface area (Å²) in [5.74, 6) is -0.725. The van der Waals surface area contributed by atoms with E-state index >= 15 is 0 Å². The standard InChI is InChI=1S/C11H14ClFN4O/c1-7(10(18)17-4-2-3-5-17)15-9-8(13)6-14-11(12)16-9/h6-7H,2-5H2,1H3,(H,14,15,16). The van der Waals surface area contributed by atoms with Gasteiger partial charge in [-0.05, 0) is 31.4 Å². The van der Waals surface area contributed by atoms with Crippen molar-refractivity contribution in [1.82, 2.24) is 14.9 Å². The molecule has 1 amide bonds. The fourth-order valence-corrected chi connectivity index (χ4v) is 2.06. The van der Waals surface area contributed by atoms with Crippen LogP contribution in [0.25, 0.3) is 0 Å². The van der Waals surface area contributed by atoms with Crippen LogP contribution in [0.2, 0.25) is 5.28 Å². The van der Waals surface area contributed by atoms with E-state index in [9.17, 15) is 9.18 Å². The number of rotatable bonds is 3. The van der Waals surface area contributed by atoms with E-state index in [2.05, 4.69) is 15.3 Å². The number of carbonyl (C=O) groups excluding carboxylic acids is 1. The molecule has 1 aromatic heterocycles.